The van der Waals surface area contributed by atoms with E-state index < -0.39 is 30.1 Å². The molecule has 1 aromatic carbocycles. The molecule has 0 aromatic heterocycles. The van der Waals surface area contributed by atoms with E-state index >= 15 is 0 Å². The zero-order valence-corrected chi connectivity index (χ0v) is 10.4. The van der Waals surface area contributed by atoms with E-state index in [4.69, 9.17) is 9.47 Å². The van der Waals surface area contributed by atoms with Crippen LogP contribution < -0.4 is 0 Å². The summed E-state index contributed by atoms with van der Waals surface area (Å²) < 4.78 is 9.95. The second-order valence-corrected chi connectivity index (χ2v) is 4.65. The minimum atomic E-state index is -1.67. The molecule has 1 saturated heterocycles. The summed E-state index contributed by atoms with van der Waals surface area (Å²) in [5.74, 6) is -0.559. The molecule has 4 atom stereocenters. The fourth-order valence-corrected chi connectivity index (χ4v) is 1.88. The summed E-state index contributed by atoms with van der Waals surface area (Å²) in [4.78, 5) is 11.7. The van der Waals surface area contributed by atoms with Crippen molar-refractivity contribution in [2.45, 2.75) is 31.0 Å². The minimum absolute atomic E-state index is 0.255. The van der Waals surface area contributed by atoms with Gasteiger partial charge in [0.05, 0.1) is 5.56 Å². The average molecular weight is 268 g/mol. The third kappa shape index (κ3) is 2.76. The molecule has 0 radical (unpaired) electrons. The Morgan fingerprint density at radius 1 is 1.37 bits per heavy atom. The molecule has 1 heterocycles. The molecule has 6 heteroatoms. The van der Waals surface area contributed by atoms with Gasteiger partial charge in [-0.2, -0.15) is 0 Å². The van der Waals surface area contributed by atoms with Gasteiger partial charge in [0.2, 0.25) is 0 Å². The normalized spacial score (nSPS) is 34.2. The summed E-state index contributed by atoms with van der Waals surface area (Å²) in [5, 5.41) is 28.8. The van der Waals surface area contributed by atoms with Crippen molar-refractivity contribution in [2.75, 3.05) is 6.61 Å². The van der Waals surface area contributed by atoms with Gasteiger partial charge in [-0.3, -0.25) is 0 Å². The molecule has 0 aliphatic carbocycles. The zero-order chi connectivity index (χ0) is 14.0. The predicted octanol–water partition coefficient (Wildman–Crippen LogP) is -0.328. The van der Waals surface area contributed by atoms with Gasteiger partial charge < -0.3 is 24.8 Å². The Bertz CT molecular complexity index is 444. The van der Waals surface area contributed by atoms with Crippen molar-refractivity contribution < 1.29 is 29.6 Å². The SMILES string of the molecule is C[C@]1(O)C(O)C(O)O[C@@H]1COC(=O)c1ccccc1. The van der Waals surface area contributed by atoms with Gasteiger partial charge in [0.15, 0.2) is 6.29 Å². The molecule has 1 aliphatic rings. The van der Waals surface area contributed by atoms with Crippen LogP contribution in [-0.4, -0.2) is 52.0 Å². The molecule has 0 amide bonds. The van der Waals surface area contributed by atoms with Gasteiger partial charge in [0.1, 0.15) is 24.4 Å². The molecular weight excluding hydrogens is 252 g/mol. The Morgan fingerprint density at radius 2 is 2.00 bits per heavy atom. The van der Waals surface area contributed by atoms with Crippen LogP contribution >= 0.6 is 0 Å². The summed E-state index contributed by atoms with van der Waals surface area (Å²) in [6, 6.07) is 8.37. The monoisotopic (exact) mass is 268 g/mol. The highest BCUT2D eigenvalue weighted by Gasteiger charge is 2.52. The number of hydrogen-bond acceptors (Lipinski definition) is 6. The molecule has 0 saturated carbocycles. The third-order valence-electron chi connectivity index (χ3n) is 3.20. The number of carbonyl (C=O) groups is 1. The fourth-order valence-electron chi connectivity index (χ4n) is 1.88. The molecule has 2 unspecified atom stereocenters. The van der Waals surface area contributed by atoms with Gasteiger partial charge in [0.25, 0.3) is 0 Å². The van der Waals surface area contributed by atoms with Gasteiger partial charge in [-0.1, -0.05) is 18.2 Å². The number of esters is 1. The van der Waals surface area contributed by atoms with Crippen LogP contribution in [-0.2, 0) is 9.47 Å². The largest absolute Gasteiger partial charge is 0.459 e. The fraction of sp³-hybridized carbons (Fsp3) is 0.462. The minimum Gasteiger partial charge on any atom is -0.459 e. The van der Waals surface area contributed by atoms with Crippen LogP contribution in [0.25, 0.3) is 0 Å². The lowest BCUT2D eigenvalue weighted by Crippen LogP contribution is -2.47. The predicted molar refractivity (Wildman–Crippen MR) is 64.2 cm³/mol. The van der Waals surface area contributed by atoms with Crippen LogP contribution in [0.3, 0.4) is 0 Å². The Balaban J connectivity index is 1.95. The van der Waals surface area contributed by atoms with Gasteiger partial charge in [-0.25, -0.2) is 4.79 Å². The summed E-state index contributed by atoms with van der Waals surface area (Å²) in [7, 11) is 0. The lowest BCUT2D eigenvalue weighted by Gasteiger charge is -2.25. The first kappa shape index (κ1) is 14.0. The van der Waals surface area contributed by atoms with Crippen molar-refractivity contribution in [2.24, 2.45) is 0 Å². The van der Waals surface area contributed by atoms with E-state index in [1.54, 1.807) is 30.3 Å². The number of benzene rings is 1. The number of aliphatic hydroxyl groups is 3. The summed E-state index contributed by atoms with van der Waals surface area (Å²) in [5.41, 5.74) is -1.29. The van der Waals surface area contributed by atoms with Crippen molar-refractivity contribution in [3.8, 4) is 0 Å². The molecule has 2 rings (SSSR count). The van der Waals surface area contributed by atoms with Gasteiger partial charge in [-0.05, 0) is 19.1 Å². The number of hydrogen-bond donors (Lipinski definition) is 3. The molecule has 3 N–H and O–H groups in total. The topological polar surface area (TPSA) is 96.2 Å². The van der Waals surface area contributed by atoms with E-state index in [0.29, 0.717) is 5.56 Å². The lowest BCUT2D eigenvalue weighted by atomic mass is 9.95. The van der Waals surface area contributed by atoms with Crippen molar-refractivity contribution in [3.05, 3.63) is 35.9 Å². The van der Waals surface area contributed by atoms with Gasteiger partial charge in [-0.15, -0.1) is 0 Å². The Morgan fingerprint density at radius 3 is 2.53 bits per heavy atom. The van der Waals surface area contributed by atoms with E-state index in [9.17, 15) is 20.1 Å². The second-order valence-electron chi connectivity index (χ2n) is 4.65. The third-order valence-corrected chi connectivity index (χ3v) is 3.20. The Hall–Kier alpha value is -1.47. The molecule has 19 heavy (non-hydrogen) atoms. The van der Waals surface area contributed by atoms with Gasteiger partial charge >= 0.3 is 5.97 Å². The van der Waals surface area contributed by atoms with E-state index in [1.165, 1.54) is 6.92 Å². The molecule has 1 aliphatic heterocycles. The van der Waals surface area contributed by atoms with E-state index in [0.717, 1.165) is 0 Å². The smallest absolute Gasteiger partial charge is 0.338 e. The Labute approximate surface area is 110 Å². The summed E-state index contributed by atoms with van der Waals surface area (Å²) in [6.45, 7) is 1.06. The standard InChI is InChI=1S/C13H16O6/c1-13(17)9(19-12(16)10(13)14)7-18-11(15)8-5-3-2-4-6-8/h2-6,9-10,12,14,16-17H,7H2,1H3/t9-,10?,12?,13-/m1/s1. The van der Waals surface area contributed by atoms with Crippen LogP contribution in [0.5, 0.6) is 0 Å². The second kappa shape index (κ2) is 5.26. The van der Waals surface area contributed by atoms with E-state index in [2.05, 4.69) is 0 Å². The van der Waals surface area contributed by atoms with Crippen LogP contribution in [0.2, 0.25) is 0 Å². The van der Waals surface area contributed by atoms with Crippen LogP contribution in [0.4, 0.5) is 0 Å². The lowest BCUT2D eigenvalue weighted by molar-refractivity contribution is -0.133. The zero-order valence-electron chi connectivity index (χ0n) is 10.4. The highest BCUT2D eigenvalue weighted by molar-refractivity contribution is 5.89. The molecule has 6 nitrogen and oxygen atoms in total. The quantitative estimate of drug-likeness (QED) is 0.650. The van der Waals surface area contributed by atoms with Crippen LogP contribution in [0.1, 0.15) is 17.3 Å². The average Bonchev–Trinajstić information content (AvgIpc) is 2.60. The number of rotatable bonds is 3. The molecule has 1 fully saturated rings. The molecule has 0 bridgehead atoms. The van der Waals surface area contributed by atoms with Crippen molar-refractivity contribution >= 4 is 5.97 Å². The van der Waals surface area contributed by atoms with Crippen molar-refractivity contribution in [3.63, 3.8) is 0 Å². The summed E-state index contributed by atoms with van der Waals surface area (Å²) in [6.07, 6.45) is -3.91. The van der Waals surface area contributed by atoms with Crippen LogP contribution in [0, 0.1) is 0 Å². The molecular formula is C13H16O6. The molecule has 0 spiro atoms. The van der Waals surface area contributed by atoms with Crippen molar-refractivity contribution in [1.29, 1.82) is 0 Å². The summed E-state index contributed by atoms with van der Waals surface area (Å²) >= 11 is 0. The first-order valence-corrected chi connectivity index (χ1v) is 5.89. The number of ether oxygens (including phenoxy) is 2. The number of aliphatic hydroxyl groups excluding tert-OH is 2. The maximum atomic E-state index is 11.7. The van der Waals surface area contributed by atoms with E-state index in [1.807, 2.05) is 0 Å². The highest BCUT2D eigenvalue weighted by Crippen LogP contribution is 2.30. The molecule has 1 aromatic rings. The maximum absolute atomic E-state index is 11.7. The first-order chi connectivity index (χ1) is 8.93. The maximum Gasteiger partial charge on any atom is 0.338 e. The molecule has 104 valence electrons. The van der Waals surface area contributed by atoms with Crippen molar-refractivity contribution in [1.82, 2.24) is 0 Å². The Kier molecular flexibility index (Phi) is 3.86. The van der Waals surface area contributed by atoms with Crippen LogP contribution in [0.15, 0.2) is 30.3 Å². The number of carbonyl (C=O) groups excluding carboxylic acids is 1. The van der Waals surface area contributed by atoms with Gasteiger partial charge in [0, 0.05) is 0 Å². The highest BCUT2D eigenvalue weighted by atomic mass is 16.7. The van der Waals surface area contributed by atoms with E-state index in [-0.39, 0.29) is 6.61 Å². The first-order valence-electron chi connectivity index (χ1n) is 5.89.